The zero-order valence-corrected chi connectivity index (χ0v) is 22.1. The lowest BCUT2D eigenvalue weighted by atomic mass is 9.96. The fourth-order valence-electron chi connectivity index (χ4n) is 4.09. The Bertz CT molecular complexity index is 652. The maximum atomic E-state index is 12.0. The Labute approximate surface area is 204 Å². The molecular formula is C29H50N2O2. The quantitative estimate of drug-likeness (QED) is 0.180. The molecule has 33 heavy (non-hydrogen) atoms. The molecule has 0 aliphatic carbocycles. The molecule has 0 saturated carbocycles. The van der Waals surface area contributed by atoms with Gasteiger partial charge in [-0.25, -0.2) is 4.79 Å². The van der Waals surface area contributed by atoms with Crippen molar-refractivity contribution in [3.05, 3.63) is 35.4 Å². The van der Waals surface area contributed by atoms with Crippen LogP contribution in [0.4, 0.5) is 4.79 Å². The predicted octanol–water partition coefficient (Wildman–Crippen LogP) is 7.78. The number of benzene rings is 1. The summed E-state index contributed by atoms with van der Waals surface area (Å²) in [6.07, 6.45) is 13.2. The summed E-state index contributed by atoms with van der Waals surface area (Å²) in [5, 5.41) is 2.81. The van der Waals surface area contributed by atoms with E-state index >= 15 is 0 Å². The maximum Gasteiger partial charge on any atom is 0.407 e. The number of hydrogen-bond acceptors (Lipinski definition) is 3. The van der Waals surface area contributed by atoms with Gasteiger partial charge in [-0.3, -0.25) is 4.99 Å². The highest BCUT2D eigenvalue weighted by Crippen LogP contribution is 2.16. The van der Waals surface area contributed by atoms with E-state index in [1.54, 1.807) is 0 Å². The van der Waals surface area contributed by atoms with Crippen LogP contribution in [0.5, 0.6) is 0 Å². The van der Waals surface area contributed by atoms with Gasteiger partial charge in [-0.15, -0.1) is 0 Å². The van der Waals surface area contributed by atoms with Gasteiger partial charge in [0.05, 0.1) is 13.2 Å². The van der Waals surface area contributed by atoms with E-state index in [2.05, 4.69) is 62.3 Å². The highest BCUT2D eigenvalue weighted by atomic mass is 16.5. The molecule has 0 radical (unpaired) electrons. The molecule has 188 valence electrons. The van der Waals surface area contributed by atoms with Crippen molar-refractivity contribution in [1.82, 2.24) is 5.32 Å². The van der Waals surface area contributed by atoms with Gasteiger partial charge in [0.15, 0.2) is 0 Å². The number of ether oxygens (including phenoxy) is 1. The molecule has 1 amide bonds. The molecule has 0 spiro atoms. The lowest BCUT2D eigenvalue weighted by Gasteiger charge is -2.16. The molecule has 1 atom stereocenters. The molecule has 0 aliphatic heterocycles. The molecule has 1 unspecified atom stereocenters. The Morgan fingerprint density at radius 2 is 1.61 bits per heavy atom. The van der Waals surface area contributed by atoms with Gasteiger partial charge in [0.2, 0.25) is 0 Å². The lowest BCUT2D eigenvalue weighted by Crippen LogP contribution is -2.29. The standard InChI is InChI=1S/C29H50N2O2/c1-6-8-9-10-11-12-13-14-27-15-17-28(18-16-27)22-26(7-2)23-33-29(32)31-20-19-30-25(5)21-24(3)4/h15-18,24,26H,6-14,19-23H2,1-5H3,(H,31,32). The van der Waals surface area contributed by atoms with Crippen LogP contribution in [-0.2, 0) is 17.6 Å². The second-order valence-electron chi connectivity index (χ2n) is 9.91. The van der Waals surface area contributed by atoms with Crippen LogP contribution in [0.3, 0.4) is 0 Å². The van der Waals surface area contributed by atoms with E-state index in [1.807, 2.05) is 6.92 Å². The number of carbonyl (C=O) groups is 1. The normalized spacial score (nSPS) is 12.7. The SMILES string of the molecule is CCCCCCCCCc1ccc(CC(CC)COC(=O)NCCN=C(C)CC(C)C)cc1. The Morgan fingerprint density at radius 1 is 0.970 bits per heavy atom. The van der Waals surface area contributed by atoms with Crippen LogP contribution < -0.4 is 5.32 Å². The molecule has 1 aromatic rings. The summed E-state index contributed by atoms with van der Waals surface area (Å²) >= 11 is 0. The minimum Gasteiger partial charge on any atom is -0.449 e. The Hall–Kier alpha value is -1.84. The summed E-state index contributed by atoms with van der Waals surface area (Å²) in [5.74, 6) is 0.954. The number of alkyl carbamates (subject to hydrolysis) is 1. The van der Waals surface area contributed by atoms with E-state index in [4.69, 9.17) is 4.74 Å². The van der Waals surface area contributed by atoms with Crippen LogP contribution in [0.15, 0.2) is 29.3 Å². The van der Waals surface area contributed by atoms with E-state index in [0.717, 1.165) is 25.0 Å². The van der Waals surface area contributed by atoms with Crippen molar-refractivity contribution in [2.24, 2.45) is 16.8 Å². The minimum atomic E-state index is -0.338. The fourth-order valence-corrected chi connectivity index (χ4v) is 4.09. The molecule has 0 aromatic heterocycles. The maximum absolute atomic E-state index is 12.0. The molecule has 0 heterocycles. The van der Waals surface area contributed by atoms with Crippen molar-refractivity contribution in [3.8, 4) is 0 Å². The molecule has 0 bridgehead atoms. The predicted molar refractivity (Wildman–Crippen MR) is 142 cm³/mol. The largest absolute Gasteiger partial charge is 0.449 e. The fraction of sp³-hybridized carbons (Fsp3) is 0.724. The number of nitrogens with zero attached hydrogens (tertiary/aromatic N) is 1. The van der Waals surface area contributed by atoms with Gasteiger partial charge in [0, 0.05) is 12.3 Å². The number of carbonyl (C=O) groups excluding carboxylic acids is 1. The Balaban J connectivity index is 2.24. The van der Waals surface area contributed by atoms with Gasteiger partial charge in [-0.2, -0.15) is 0 Å². The second-order valence-corrected chi connectivity index (χ2v) is 9.91. The van der Waals surface area contributed by atoms with Crippen molar-refractivity contribution < 1.29 is 9.53 Å². The topological polar surface area (TPSA) is 50.7 Å². The van der Waals surface area contributed by atoms with Gasteiger partial charge < -0.3 is 10.1 Å². The first-order chi connectivity index (χ1) is 15.9. The number of rotatable bonds is 18. The molecule has 0 saturated heterocycles. The van der Waals surface area contributed by atoms with Crippen LogP contribution >= 0.6 is 0 Å². The zero-order valence-electron chi connectivity index (χ0n) is 22.1. The van der Waals surface area contributed by atoms with Crippen LogP contribution in [0, 0.1) is 11.8 Å². The molecule has 1 N–H and O–H groups in total. The molecule has 1 aromatic carbocycles. The number of aliphatic imine (C=N–C) groups is 1. The Kier molecular flexibility index (Phi) is 16.4. The first-order valence-electron chi connectivity index (χ1n) is 13.4. The van der Waals surface area contributed by atoms with Gasteiger partial charge >= 0.3 is 6.09 Å². The summed E-state index contributed by atoms with van der Waals surface area (Å²) in [5.41, 5.74) is 3.89. The number of aryl methyl sites for hydroxylation is 1. The summed E-state index contributed by atoms with van der Waals surface area (Å²) in [6.45, 7) is 12.4. The van der Waals surface area contributed by atoms with E-state index in [0.29, 0.717) is 31.5 Å². The molecule has 4 nitrogen and oxygen atoms in total. The molecule has 4 heteroatoms. The molecule has 1 rings (SSSR count). The number of unbranched alkanes of at least 4 members (excludes halogenated alkanes) is 6. The van der Waals surface area contributed by atoms with Gasteiger partial charge in [0.25, 0.3) is 0 Å². The summed E-state index contributed by atoms with van der Waals surface area (Å²) < 4.78 is 5.46. The van der Waals surface area contributed by atoms with Crippen molar-refractivity contribution in [1.29, 1.82) is 0 Å². The van der Waals surface area contributed by atoms with E-state index in [-0.39, 0.29) is 6.09 Å². The van der Waals surface area contributed by atoms with Crippen molar-refractivity contribution >= 4 is 11.8 Å². The van der Waals surface area contributed by atoms with Crippen molar-refractivity contribution in [2.45, 2.75) is 105 Å². The van der Waals surface area contributed by atoms with Crippen LogP contribution in [0.1, 0.15) is 104 Å². The number of nitrogens with one attached hydrogen (secondary N) is 1. The van der Waals surface area contributed by atoms with E-state index in [1.165, 1.54) is 62.5 Å². The lowest BCUT2D eigenvalue weighted by molar-refractivity contribution is 0.125. The van der Waals surface area contributed by atoms with Crippen molar-refractivity contribution in [3.63, 3.8) is 0 Å². The third kappa shape index (κ3) is 15.6. The van der Waals surface area contributed by atoms with Gasteiger partial charge in [-0.05, 0) is 62.0 Å². The summed E-state index contributed by atoms with van der Waals surface area (Å²) in [7, 11) is 0. The highest BCUT2D eigenvalue weighted by Gasteiger charge is 2.11. The first-order valence-corrected chi connectivity index (χ1v) is 13.4. The average molecular weight is 459 g/mol. The summed E-state index contributed by atoms with van der Waals surface area (Å²) in [4.78, 5) is 16.5. The van der Waals surface area contributed by atoms with Crippen LogP contribution in [0.25, 0.3) is 0 Å². The zero-order chi connectivity index (χ0) is 24.3. The van der Waals surface area contributed by atoms with Crippen molar-refractivity contribution in [2.75, 3.05) is 19.7 Å². The van der Waals surface area contributed by atoms with Crippen LogP contribution in [0.2, 0.25) is 0 Å². The second kappa shape index (κ2) is 18.6. The monoisotopic (exact) mass is 458 g/mol. The Morgan fingerprint density at radius 3 is 2.24 bits per heavy atom. The third-order valence-corrected chi connectivity index (χ3v) is 6.11. The smallest absolute Gasteiger partial charge is 0.407 e. The highest BCUT2D eigenvalue weighted by molar-refractivity contribution is 5.82. The summed E-state index contributed by atoms with van der Waals surface area (Å²) in [6, 6.07) is 9.04. The van der Waals surface area contributed by atoms with Crippen LogP contribution in [-0.4, -0.2) is 31.5 Å². The van der Waals surface area contributed by atoms with Gasteiger partial charge in [-0.1, -0.05) is 90.5 Å². The van der Waals surface area contributed by atoms with E-state index < -0.39 is 0 Å². The molecule has 0 aliphatic rings. The minimum absolute atomic E-state index is 0.338. The molecular weight excluding hydrogens is 408 g/mol. The van der Waals surface area contributed by atoms with Gasteiger partial charge in [0.1, 0.15) is 0 Å². The average Bonchev–Trinajstić information content (AvgIpc) is 2.79. The number of hydrogen-bond donors (Lipinski definition) is 1. The van der Waals surface area contributed by atoms with E-state index in [9.17, 15) is 4.79 Å². The third-order valence-electron chi connectivity index (χ3n) is 6.11. The molecule has 0 fully saturated rings. The number of amides is 1. The first kappa shape index (κ1) is 29.2.